The highest BCUT2D eigenvalue weighted by atomic mass is 32.2. The van der Waals surface area contributed by atoms with E-state index in [4.69, 9.17) is 9.63 Å². The van der Waals surface area contributed by atoms with Gasteiger partial charge in [-0.1, -0.05) is 12.1 Å². The van der Waals surface area contributed by atoms with Crippen molar-refractivity contribution in [2.24, 2.45) is 0 Å². The molecule has 0 saturated heterocycles. The molecule has 0 aliphatic rings. The first-order valence-corrected chi connectivity index (χ1v) is 7.95. The molecule has 1 aromatic heterocycles. The number of carbonyl (C=O) groups is 1. The summed E-state index contributed by atoms with van der Waals surface area (Å²) in [4.78, 5) is 14.8. The number of hydrogen-bond donors (Lipinski definition) is 1. The van der Waals surface area contributed by atoms with Gasteiger partial charge in [-0.25, -0.2) is 13.2 Å². The molecule has 1 N–H and O–H groups in total. The lowest BCUT2D eigenvalue weighted by Gasteiger charge is -2.02. The van der Waals surface area contributed by atoms with Gasteiger partial charge in [-0.15, -0.1) is 0 Å². The minimum absolute atomic E-state index is 0.0225. The Labute approximate surface area is 121 Å². The molecule has 8 heteroatoms. The summed E-state index contributed by atoms with van der Waals surface area (Å²) in [6, 6.07) is 5.00. The molecule has 7 nitrogen and oxygen atoms in total. The van der Waals surface area contributed by atoms with Gasteiger partial charge in [0.2, 0.25) is 5.89 Å². The Hall–Kier alpha value is -2.22. The molecule has 0 fully saturated rings. The first-order chi connectivity index (χ1) is 9.92. The number of aromatic nitrogens is 2. The summed E-state index contributed by atoms with van der Waals surface area (Å²) in [6.45, 7) is 1.95. The normalized spacial score (nSPS) is 11.5. The van der Waals surface area contributed by atoms with Crippen LogP contribution in [0.5, 0.6) is 0 Å². The molecule has 0 saturated carbocycles. The summed E-state index contributed by atoms with van der Waals surface area (Å²) in [5.41, 5.74) is 0.0266. The summed E-state index contributed by atoms with van der Waals surface area (Å²) >= 11 is 0. The van der Waals surface area contributed by atoms with Crippen molar-refractivity contribution in [3.8, 4) is 0 Å². The second-order valence-corrected chi connectivity index (χ2v) is 6.43. The maximum Gasteiger partial charge on any atom is 0.335 e. The van der Waals surface area contributed by atoms with Gasteiger partial charge in [0.05, 0.1) is 10.5 Å². The van der Waals surface area contributed by atoms with Crippen LogP contribution in [0.2, 0.25) is 0 Å². The minimum atomic E-state index is -3.64. The first kappa shape index (κ1) is 15.2. The second-order valence-electron chi connectivity index (χ2n) is 4.44. The largest absolute Gasteiger partial charge is 0.478 e. The number of carboxylic acid groups (broad SMARTS) is 1. The van der Waals surface area contributed by atoms with Crippen LogP contribution in [-0.2, 0) is 22.0 Å². The molecular weight excluding hydrogens is 296 g/mol. The molecule has 1 heterocycles. The van der Waals surface area contributed by atoms with E-state index in [9.17, 15) is 13.2 Å². The number of sulfone groups is 1. The fourth-order valence-electron chi connectivity index (χ4n) is 1.72. The van der Waals surface area contributed by atoms with Crippen LogP contribution < -0.4 is 0 Å². The number of aryl methyl sites for hydroxylation is 1. The van der Waals surface area contributed by atoms with E-state index in [0.717, 1.165) is 6.42 Å². The van der Waals surface area contributed by atoms with Gasteiger partial charge in [0, 0.05) is 6.42 Å². The van der Waals surface area contributed by atoms with Crippen LogP contribution in [0, 0.1) is 0 Å². The fraction of sp³-hybridized carbons (Fsp3) is 0.308. The van der Waals surface area contributed by atoms with E-state index < -0.39 is 15.8 Å². The van der Waals surface area contributed by atoms with Crippen LogP contribution >= 0.6 is 0 Å². The average molecular weight is 310 g/mol. The molecule has 0 aliphatic heterocycles. The number of carboxylic acids is 1. The highest BCUT2D eigenvalue weighted by molar-refractivity contribution is 7.90. The Morgan fingerprint density at radius 1 is 1.29 bits per heavy atom. The van der Waals surface area contributed by atoms with Gasteiger partial charge in [0.1, 0.15) is 5.75 Å². The van der Waals surface area contributed by atoms with E-state index in [2.05, 4.69) is 10.1 Å². The van der Waals surface area contributed by atoms with Crippen molar-refractivity contribution in [3.63, 3.8) is 0 Å². The van der Waals surface area contributed by atoms with Crippen molar-refractivity contribution in [1.29, 1.82) is 0 Å². The Morgan fingerprint density at radius 3 is 2.52 bits per heavy atom. The summed E-state index contributed by atoms with van der Waals surface area (Å²) < 4.78 is 29.3. The molecule has 0 unspecified atom stereocenters. The van der Waals surface area contributed by atoms with E-state index >= 15 is 0 Å². The fourth-order valence-corrected chi connectivity index (χ4v) is 2.90. The highest BCUT2D eigenvalue weighted by Crippen LogP contribution is 2.16. The lowest BCUT2D eigenvalue weighted by molar-refractivity contribution is 0.0696. The third-order valence-corrected chi connectivity index (χ3v) is 4.38. The standard InChI is InChI=1S/C13H14N2O5S/c1-2-3-12-14-11(15-20-12)8-21(18,19)10-6-4-9(5-7-10)13(16)17/h4-7H,2-3,8H2,1H3,(H,16,17). The predicted octanol–water partition coefficient (Wildman–Crippen LogP) is 1.69. The summed E-state index contributed by atoms with van der Waals surface area (Å²) in [7, 11) is -3.64. The van der Waals surface area contributed by atoms with Gasteiger partial charge in [0.25, 0.3) is 0 Å². The molecule has 0 amide bonds. The number of aromatic carboxylic acids is 1. The van der Waals surface area contributed by atoms with Crippen molar-refractivity contribution >= 4 is 15.8 Å². The second kappa shape index (κ2) is 6.04. The summed E-state index contributed by atoms with van der Waals surface area (Å²) in [6.07, 6.45) is 1.42. The third kappa shape index (κ3) is 3.66. The monoisotopic (exact) mass is 310 g/mol. The van der Waals surface area contributed by atoms with Gasteiger partial charge < -0.3 is 9.63 Å². The lowest BCUT2D eigenvalue weighted by atomic mass is 10.2. The summed E-state index contributed by atoms with van der Waals surface area (Å²) in [5.74, 6) is -0.988. The Balaban J connectivity index is 2.18. The topological polar surface area (TPSA) is 110 Å². The number of benzene rings is 1. The van der Waals surface area contributed by atoms with Crippen LogP contribution in [0.3, 0.4) is 0 Å². The molecule has 0 spiro atoms. The molecule has 0 bridgehead atoms. The van der Waals surface area contributed by atoms with Gasteiger partial charge in [-0.3, -0.25) is 0 Å². The zero-order valence-electron chi connectivity index (χ0n) is 11.3. The highest BCUT2D eigenvalue weighted by Gasteiger charge is 2.19. The van der Waals surface area contributed by atoms with Crippen molar-refractivity contribution < 1.29 is 22.8 Å². The molecular formula is C13H14N2O5S. The number of rotatable bonds is 6. The quantitative estimate of drug-likeness (QED) is 0.864. The van der Waals surface area contributed by atoms with Crippen molar-refractivity contribution in [3.05, 3.63) is 41.5 Å². The van der Waals surface area contributed by atoms with Crippen molar-refractivity contribution in [1.82, 2.24) is 10.1 Å². The first-order valence-electron chi connectivity index (χ1n) is 6.30. The van der Waals surface area contributed by atoms with Crippen LogP contribution in [0.1, 0.15) is 35.4 Å². The van der Waals surface area contributed by atoms with Gasteiger partial charge in [-0.05, 0) is 30.7 Å². The number of nitrogens with zero attached hydrogens (tertiary/aromatic N) is 2. The van der Waals surface area contributed by atoms with Crippen LogP contribution in [-0.4, -0.2) is 29.6 Å². The molecule has 1 aromatic carbocycles. The molecule has 0 aliphatic carbocycles. The van der Waals surface area contributed by atoms with Crippen LogP contribution in [0.4, 0.5) is 0 Å². The van der Waals surface area contributed by atoms with Gasteiger partial charge >= 0.3 is 5.97 Å². The Morgan fingerprint density at radius 2 is 1.95 bits per heavy atom. The lowest BCUT2D eigenvalue weighted by Crippen LogP contribution is -2.07. The summed E-state index contributed by atoms with van der Waals surface area (Å²) in [5, 5.41) is 12.4. The van der Waals surface area contributed by atoms with Crippen LogP contribution in [0.15, 0.2) is 33.7 Å². The van der Waals surface area contributed by atoms with Crippen molar-refractivity contribution in [2.45, 2.75) is 30.4 Å². The van der Waals surface area contributed by atoms with E-state index in [0.29, 0.717) is 12.3 Å². The maximum atomic E-state index is 12.2. The molecule has 2 aromatic rings. The average Bonchev–Trinajstić information content (AvgIpc) is 2.86. The predicted molar refractivity (Wildman–Crippen MR) is 72.6 cm³/mol. The zero-order chi connectivity index (χ0) is 15.5. The maximum absolute atomic E-state index is 12.2. The van der Waals surface area contributed by atoms with Gasteiger partial charge in [-0.2, -0.15) is 4.98 Å². The molecule has 0 atom stereocenters. The molecule has 21 heavy (non-hydrogen) atoms. The van der Waals surface area contributed by atoms with E-state index in [1.54, 1.807) is 0 Å². The third-order valence-electron chi connectivity index (χ3n) is 2.75. The van der Waals surface area contributed by atoms with Gasteiger partial charge in [0.15, 0.2) is 15.7 Å². The van der Waals surface area contributed by atoms with E-state index in [-0.39, 0.29) is 22.0 Å². The molecule has 112 valence electrons. The molecule has 0 radical (unpaired) electrons. The van der Waals surface area contributed by atoms with Crippen LogP contribution in [0.25, 0.3) is 0 Å². The minimum Gasteiger partial charge on any atom is -0.478 e. The number of hydrogen-bond acceptors (Lipinski definition) is 6. The van der Waals surface area contributed by atoms with E-state index in [1.165, 1.54) is 24.3 Å². The zero-order valence-corrected chi connectivity index (χ0v) is 12.1. The van der Waals surface area contributed by atoms with E-state index in [1.807, 2.05) is 6.92 Å². The van der Waals surface area contributed by atoms with Crippen molar-refractivity contribution in [2.75, 3.05) is 0 Å². The SMILES string of the molecule is CCCc1nc(CS(=O)(=O)c2ccc(C(=O)O)cc2)no1. The Kier molecular flexibility index (Phi) is 4.37. The molecule has 2 rings (SSSR count). The Bertz CT molecular complexity index is 734. The smallest absolute Gasteiger partial charge is 0.335 e.